The average Bonchev–Trinajstić information content (AvgIpc) is 2.80. The molecular formula is C10H16BrN3O2. The molecule has 1 unspecified atom stereocenters. The fraction of sp³-hybridized carbons (Fsp3) is 0.600. The van der Waals surface area contributed by atoms with E-state index in [0.717, 1.165) is 19.5 Å². The van der Waals surface area contributed by atoms with Crippen LogP contribution in [0.2, 0.25) is 0 Å². The van der Waals surface area contributed by atoms with Gasteiger partial charge in [-0.05, 0) is 19.0 Å². The van der Waals surface area contributed by atoms with Crippen LogP contribution in [0, 0.1) is 0 Å². The van der Waals surface area contributed by atoms with Gasteiger partial charge < -0.3 is 10.1 Å². The van der Waals surface area contributed by atoms with E-state index in [2.05, 4.69) is 31.1 Å². The molecule has 0 aliphatic rings. The van der Waals surface area contributed by atoms with Crippen LogP contribution < -0.4 is 5.32 Å². The van der Waals surface area contributed by atoms with E-state index in [9.17, 15) is 4.79 Å². The van der Waals surface area contributed by atoms with Gasteiger partial charge in [0.1, 0.15) is 4.83 Å². The van der Waals surface area contributed by atoms with Crippen LogP contribution in [-0.2, 0) is 16.1 Å². The van der Waals surface area contributed by atoms with E-state index in [1.807, 2.05) is 16.9 Å². The minimum absolute atomic E-state index is 0.250. The summed E-state index contributed by atoms with van der Waals surface area (Å²) in [6, 6.07) is 1.90. The van der Waals surface area contributed by atoms with Gasteiger partial charge in [0.2, 0.25) is 0 Å². The number of carbonyl (C=O) groups is 1. The molecule has 6 heteroatoms. The van der Waals surface area contributed by atoms with E-state index in [1.165, 1.54) is 7.11 Å². The van der Waals surface area contributed by atoms with Gasteiger partial charge in [-0.25, -0.2) is 0 Å². The normalized spacial score (nSPS) is 12.4. The number of rotatable bonds is 7. The van der Waals surface area contributed by atoms with Crippen molar-refractivity contribution in [3.8, 4) is 0 Å². The zero-order chi connectivity index (χ0) is 11.8. The minimum Gasteiger partial charge on any atom is -0.468 e. The molecule has 0 aromatic carbocycles. The van der Waals surface area contributed by atoms with Crippen LogP contribution in [0.4, 0.5) is 0 Å². The van der Waals surface area contributed by atoms with Crippen molar-refractivity contribution in [2.45, 2.75) is 17.8 Å². The Morgan fingerprint density at radius 3 is 3.12 bits per heavy atom. The lowest BCUT2D eigenvalue weighted by Crippen LogP contribution is -2.30. The van der Waals surface area contributed by atoms with E-state index >= 15 is 0 Å². The third-order valence-corrected chi connectivity index (χ3v) is 2.78. The van der Waals surface area contributed by atoms with Gasteiger partial charge in [0.15, 0.2) is 0 Å². The Labute approximate surface area is 103 Å². The standard InChI is InChI=1S/C10H16BrN3O2/c1-16-10(15)9(11)8-12-4-2-6-14-7-3-5-13-14/h3,5,7,9,12H,2,4,6,8H2,1H3. The van der Waals surface area contributed by atoms with Crippen LogP contribution in [0.1, 0.15) is 6.42 Å². The van der Waals surface area contributed by atoms with Crippen LogP contribution in [-0.4, -0.2) is 40.8 Å². The van der Waals surface area contributed by atoms with Crippen LogP contribution in [0.25, 0.3) is 0 Å². The van der Waals surface area contributed by atoms with Gasteiger partial charge in [0.05, 0.1) is 7.11 Å². The molecule has 0 radical (unpaired) electrons. The second-order valence-corrected chi connectivity index (χ2v) is 4.42. The number of aryl methyl sites for hydroxylation is 1. The average molecular weight is 290 g/mol. The summed E-state index contributed by atoms with van der Waals surface area (Å²) < 4.78 is 6.47. The molecule has 1 aromatic heterocycles. The smallest absolute Gasteiger partial charge is 0.320 e. The lowest BCUT2D eigenvalue weighted by Gasteiger charge is -2.08. The number of ether oxygens (including phenoxy) is 1. The summed E-state index contributed by atoms with van der Waals surface area (Å²) in [5.41, 5.74) is 0. The van der Waals surface area contributed by atoms with Crippen molar-refractivity contribution in [2.24, 2.45) is 0 Å². The number of nitrogens with zero attached hydrogens (tertiary/aromatic N) is 2. The van der Waals surface area contributed by atoms with E-state index in [4.69, 9.17) is 0 Å². The highest BCUT2D eigenvalue weighted by molar-refractivity contribution is 9.10. The Kier molecular flexibility index (Phi) is 6.10. The molecule has 0 bridgehead atoms. The summed E-state index contributed by atoms with van der Waals surface area (Å²) in [6.45, 7) is 2.30. The molecule has 5 nitrogen and oxygen atoms in total. The maximum Gasteiger partial charge on any atom is 0.320 e. The predicted octanol–water partition coefficient (Wildman–Crippen LogP) is 0.799. The van der Waals surface area contributed by atoms with Gasteiger partial charge in [0.25, 0.3) is 0 Å². The van der Waals surface area contributed by atoms with Crippen molar-refractivity contribution in [1.29, 1.82) is 0 Å². The van der Waals surface area contributed by atoms with E-state index in [1.54, 1.807) is 6.20 Å². The first-order chi connectivity index (χ1) is 7.74. The third-order valence-electron chi connectivity index (χ3n) is 2.08. The highest BCUT2D eigenvalue weighted by Gasteiger charge is 2.13. The number of methoxy groups -OCH3 is 1. The molecule has 0 saturated carbocycles. The number of carbonyl (C=O) groups excluding carboxylic acids is 1. The molecule has 0 aliphatic heterocycles. The van der Waals surface area contributed by atoms with E-state index < -0.39 is 0 Å². The molecule has 1 rings (SSSR count). The lowest BCUT2D eigenvalue weighted by atomic mass is 10.4. The monoisotopic (exact) mass is 289 g/mol. The van der Waals surface area contributed by atoms with E-state index in [0.29, 0.717) is 6.54 Å². The summed E-state index contributed by atoms with van der Waals surface area (Å²) >= 11 is 3.24. The fourth-order valence-electron chi connectivity index (χ4n) is 1.24. The Morgan fingerprint density at radius 2 is 2.50 bits per heavy atom. The van der Waals surface area contributed by atoms with Gasteiger partial charge in [-0.15, -0.1) is 0 Å². The zero-order valence-electron chi connectivity index (χ0n) is 9.23. The Morgan fingerprint density at radius 1 is 1.69 bits per heavy atom. The molecule has 0 spiro atoms. The summed E-state index contributed by atoms with van der Waals surface area (Å²) in [5.74, 6) is -0.250. The predicted molar refractivity (Wildman–Crippen MR) is 64.4 cm³/mol. The first-order valence-electron chi connectivity index (χ1n) is 5.14. The molecular weight excluding hydrogens is 274 g/mol. The first kappa shape index (κ1) is 13.2. The number of nitrogens with one attached hydrogen (secondary N) is 1. The molecule has 0 fully saturated rings. The van der Waals surface area contributed by atoms with Gasteiger partial charge in [-0.3, -0.25) is 9.48 Å². The van der Waals surface area contributed by atoms with Crippen molar-refractivity contribution in [2.75, 3.05) is 20.2 Å². The molecule has 1 heterocycles. The molecule has 16 heavy (non-hydrogen) atoms. The Hall–Kier alpha value is -0.880. The molecule has 0 aliphatic carbocycles. The summed E-state index contributed by atoms with van der Waals surface area (Å²) in [6.07, 6.45) is 4.67. The van der Waals surface area contributed by atoms with Crippen molar-refractivity contribution < 1.29 is 9.53 Å². The van der Waals surface area contributed by atoms with Crippen LogP contribution in [0.5, 0.6) is 0 Å². The fourth-order valence-corrected chi connectivity index (χ4v) is 1.65. The Bertz CT molecular complexity index is 303. The van der Waals surface area contributed by atoms with Crippen LogP contribution >= 0.6 is 15.9 Å². The number of esters is 1. The highest BCUT2D eigenvalue weighted by Crippen LogP contribution is 1.99. The summed E-state index contributed by atoms with van der Waals surface area (Å²) in [4.78, 5) is 10.8. The van der Waals surface area contributed by atoms with Crippen LogP contribution in [0.15, 0.2) is 18.5 Å². The first-order valence-corrected chi connectivity index (χ1v) is 6.05. The van der Waals surface area contributed by atoms with Gasteiger partial charge >= 0.3 is 5.97 Å². The number of hydrogen-bond acceptors (Lipinski definition) is 4. The minimum atomic E-state index is -0.276. The Balaban J connectivity index is 2.02. The quantitative estimate of drug-likeness (QED) is 0.458. The number of hydrogen-bond donors (Lipinski definition) is 1. The molecule has 1 N–H and O–H groups in total. The maximum atomic E-state index is 11.0. The topological polar surface area (TPSA) is 56.1 Å². The van der Waals surface area contributed by atoms with Gasteiger partial charge in [-0.2, -0.15) is 5.10 Å². The van der Waals surface area contributed by atoms with Crippen molar-refractivity contribution >= 4 is 21.9 Å². The molecule has 0 saturated heterocycles. The zero-order valence-corrected chi connectivity index (χ0v) is 10.8. The summed E-state index contributed by atoms with van der Waals surface area (Å²) in [7, 11) is 1.38. The van der Waals surface area contributed by atoms with E-state index in [-0.39, 0.29) is 10.8 Å². The van der Waals surface area contributed by atoms with Crippen LogP contribution in [0.3, 0.4) is 0 Å². The lowest BCUT2D eigenvalue weighted by molar-refractivity contribution is -0.139. The number of aromatic nitrogens is 2. The maximum absolute atomic E-state index is 11.0. The van der Waals surface area contributed by atoms with Crippen molar-refractivity contribution in [1.82, 2.24) is 15.1 Å². The number of alkyl halides is 1. The SMILES string of the molecule is COC(=O)C(Br)CNCCCn1cccn1. The van der Waals surface area contributed by atoms with Crippen molar-refractivity contribution in [3.05, 3.63) is 18.5 Å². The van der Waals surface area contributed by atoms with Gasteiger partial charge in [0, 0.05) is 25.5 Å². The molecule has 1 atom stereocenters. The third kappa shape index (κ3) is 4.76. The molecule has 1 aromatic rings. The van der Waals surface area contributed by atoms with Gasteiger partial charge in [-0.1, -0.05) is 15.9 Å². The number of halogens is 1. The second kappa shape index (κ2) is 7.40. The highest BCUT2D eigenvalue weighted by atomic mass is 79.9. The molecule has 90 valence electrons. The second-order valence-electron chi connectivity index (χ2n) is 3.32. The largest absolute Gasteiger partial charge is 0.468 e. The molecule has 0 amide bonds. The van der Waals surface area contributed by atoms with Crippen molar-refractivity contribution in [3.63, 3.8) is 0 Å². The summed E-state index contributed by atoms with van der Waals surface area (Å²) in [5, 5.41) is 7.27.